The smallest absolute Gasteiger partial charge is 0.131 e. The number of benzene rings is 1. The van der Waals surface area contributed by atoms with Crippen LogP contribution >= 0.6 is 0 Å². The predicted molar refractivity (Wildman–Crippen MR) is 73.7 cm³/mol. The third kappa shape index (κ3) is 4.22. The zero-order chi connectivity index (χ0) is 13.1. The molecule has 2 heteroatoms. The highest BCUT2D eigenvalue weighted by Gasteiger charge is 2.14. The Morgan fingerprint density at radius 2 is 1.94 bits per heavy atom. The first-order valence-electron chi connectivity index (χ1n) is 6.15. The molecular formula is C15H23NO. The number of carbonyl (C=O) groups is 1. The first-order chi connectivity index (χ1) is 7.80. The third-order valence-corrected chi connectivity index (χ3v) is 2.88. The fraction of sp³-hybridized carbons (Fsp3) is 0.533. The van der Waals surface area contributed by atoms with Gasteiger partial charge in [-0.2, -0.15) is 0 Å². The van der Waals surface area contributed by atoms with Crippen LogP contribution in [0.5, 0.6) is 0 Å². The van der Waals surface area contributed by atoms with Crippen molar-refractivity contribution in [3.05, 3.63) is 29.3 Å². The van der Waals surface area contributed by atoms with Gasteiger partial charge >= 0.3 is 0 Å². The van der Waals surface area contributed by atoms with E-state index >= 15 is 0 Å². The molecule has 0 amide bonds. The summed E-state index contributed by atoms with van der Waals surface area (Å²) in [6.07, 6.45) is 0.584. The molecule has 94 valence electrons. The van der Waals surface area contributed by atoms with Gasteiger partial charge in [-0.05, 0) is 36.5 Å². The number of nitrogens with one attached hydrogen (secondary N) is 1. The molecule has 2 nitrogen and oxygen atoms in total. The van der Waals surface area contributed by atoms with E-state index in [9.17, 15) is 4.79 Å². The maximum atomic E-state index is 10.9. The number of hydrogen-bond acceptors (Lipinski definition) is 2. The van der Waals surface area contributed by atoms with E-state index in [0.717, 1.165) is 5.69 Å². The van der Waals surface area contributed by atoms with E-state index in [4.69, 9.17) is 0 Å². The lowest BCUT2D eigenvalue weighted by molar-refractivity contribution is -0.116. The van der Waals surface area contributed by atoms with Crippen molar-refractivity contribution >= 4 is 11.5 Å². The highest BCUT2D eigenvalue weighted by atomic mass is 16.1. The van der Waals surface area contributed by atoms with Gasteiger partial charge < -0.3 is 5.32 Å². The monoisotopic (exact) mass is 233 g/mol. The highest BCUT2D eigenvalue weighted by Crippen LogP contribution is 2.26. The molecule has 0 unspecified atom stereocenters. The molecule has 0 aliphatic heterocycles. The van der Waals surface area contributed by atoms with E-state index in [1.165, 1.54) is 11.1 Å². The summed E-state index contributed by atoms with van der Waals surface area (Å²) in [6.45, 7) is 11.1. The Balaban J connectivity index is 2.73. The Labute approximate surface area is 104 Å². The first-order valence-corrected chi connectivity index (χ1v) is 6.15. The Hall–Kier alpha value is -1.31. The summed E-state index contributed by atoms with van der Waals surface area (Å²) in [5.74, 6) is 0.224. The van der Waals surface area contributed by atoms with Crippen LogP contribution in [0.25, 0.3) is 0 Å². The SMILES string of the molecule is CC(=O)CCNc1ccc(C(C)(C)C)cc1C. The lowest BCUT2D eigenvalue weighted by Gasteiger charge is -2.21. The maximum absolute atomic E-state index is 10.9. The van der Waals surface area contributed by atoms with Gasteiger partial charge in [-0.15, -0.1) is 0 Å². The van der Waals surface area contributed by atoms with Gasteiger partial charge in [-0.1, -0.05) is 32.9 Å². The number of anilines is 1. The van der Waals surface area contributed by atoms with Gasteiger partial charge in [0.25, 0.3) is 0 Å². The predicted octanol–water partition coefficient (Wildman–Crippen LogP) is 3.68. The standard InChI is InChI=1S/C15H23NO/c1-11-10-13(15(3,4)5)6-7-14(11)16-9-8-12(2)17/h6-7,10,16H,8-9H2,1-5H3. The van der Waals surface area contributed by atoms with Crippen molar-refractivity contribution in [2.45, 2.75) is 46.5 Å². The van der Waals surface area contributed by atoms with Gasteiger partial charge in [-0.3, -0.25) is 4.79 Å². The van der Waals surface area contributed by atoms with Gasteiger partial charge in [0.05, 0.1) is 0 Å². The molecule has 0 atom stereocenters. The molecule has 0 spiro atoms. The Morgan fingerprint density at radius 3 is 2.41 bits per heavy atom. The van der Waals surface area contributed by atoms with Crippen LogP contribution in [0.1, 0.15) is 45.2 Å². The first kappa shape index (κ1) is 13.8. The summed E-state index contributed by atoms with van der Waals surface area (Å²) in [5, 5.41) is 3.30. The van der Waals surface area contributed by atoms with Crippen molar-refractivity contribution in [3.63, 3.8) is 0 Å². The Bertz CT molecular complexity index is 402. The normalized spacial score (nSPS) is 11.4. The molecule has 0 fully saturated rings. The molecule has 1 rings (SSSR count). The van der Waals surface area contributed by atoms with Gasteiger partial charge in [-0.25, -0.2) is 0 Å². The average molecular weight is 233 g/mol. The molecule has 0 aliphatic carbocycles. The minimum absolute atomic E-state index is 0.183. The number of Topliss-reactive ketones (excluding diaryl/α,β-unsaturated/α-hetero) is 1. The maximum Gasteiger partial charge on any atom is 0.131 e. The number of carbonyl (C=O) groups excluding carboxylic acids is 1. The lowest BCUT2D eigenvalue weighted by Crippen LogP contribution is -2.12. The van der Waals surface area contributed by atoms with Crippen LogP contribution in [0.3, 0.4) is 0 Å². The van der Waals surface area contributed by atoms with E-state index < -0.39 is 0 Å². The minimum Gasteiger partial charge on any atom is -0.384 e. The molecule has 0 aromatic heterocycles. The Kier molecular flexibility index (Phi) is 4.33. The number of aryl methyl sites for hydroxylation is 1. The van der Waals surface area contributed by atoms with Crippen LogP contribution in [-0.4, -0.2) is 12.3 Å². The van der Waals surface area contributed by atoms with E-state index in [-0.39, 0.29) is 11.2 Å². The minimum atomic E-state index is 0.183. The second-order valence-electron chi connectivity index (χ2n) is 5.66. The van der Waals surface area contributed by atoms with Crippen molar-refractivity contribution in [2.24, 2.45) is 0 Å². The zero-order valence-corrected chi connectivity index (χ0v) is 11.6. The quantitative estimate of drug-likeness (QED) is 0.859. The van der Waals surface area contributed by atoms with Crippen LogP contribution in [-0.2, 0) is 10.2 Å². The molecule has 0 bridgehead atoms. The molecule has 1 aromatic carbocycles. The van der Waals surface area contributed by atoms with Gasteiger partial charge in [0.15, 0.2) is 0 Å². The molecule has 0 saturated carbocycles. The van der Waals surface area contributed by atoms with Crippen molar-refractivity contribution in [1.82, 2.24) is 0 Å². The van der Waals surface area contributed by atoms with Crippen molar-refractivity contribution < 1.29 is 4.79 Å². The van der Waals surface area contributed by atoms with Crippen molar-refractivity contribution in [2.75, 3.05) is 11.9 Å². The second kappa shape index (κ2) is 5.35. The second-order valence-corrected chi connectivity index (χ2v) is 5.66. The Morgan fingerprint density at radius 1 is 1.29 bits per heavy atom. The molecule has 0 aliphatic rings. The number of rotatable bonds is 4. The van der Waals surface area contributed by atoms with Gasteiger partial charge in [0.1, 0.15) is 5.78 Å². The van der Waals surface area contributed by atoms with Crippen LogP contribution in [0.4, 0.5) is 5.69 Å². The molecule has 0 saturated heterocycles. The van der Waals surface area contributed by atoms with E-state index in [2.05, 4.69) is 51.2 Å². The van der Waals surface area contributed by atoms with Crippen LogP contribution in [0, 0.1) is 6.92 Å². The van der Waals surface area contributed by atoms with Crippen molar-refractivity contribution in [1.29, 1.82) is 0 Å². The van der Waals surface area contributed by atoms with E-state index in [0.29, 0.717) is 13.0 Å². The van der Waals surface area contributed by atoms with Crippen LogP contribution < -0.4 is 5.32 Å². The summed E-state index contributed by atoms with van der Waals surface area (Å²) in [6, 6.07) is 6.48. The molecule has 1 N–H and O–H groups in total. The zero-order valence-electron chi connectivity index (χ0n) is 11.6. The molecule has 1 aromatic rings. The van der Waals surface area contributed by atoms with E-state index in [1.807, 2.05) is 0 Å². The summed E-state index contributed by atoms with van der Waals surface area (Å²) in [7, 11) is 0. The van der Waals surface area contributed by atoms with Gasteiger partial charge in [0, 0.05) is 18.7 Å². The molecule has 17 heavy (non-hydrogen) atoms. The third-order valence-electron chi connectivity index (χ3n) is 2.88. The summed E-state index contributed by atoms with van der Waals surface area (Å²) >= 11 is 0. The molecule has 0 radical (unpaired) electrons. The molecule has 0 heterocycles. The summed E-state index contributed by atoms with van der Waals surface area (Å²) in [5.41, 5.74) is 3.88. The van der Waals surface area contributed by atoms with Gasteiger partial charge in [0.2, 0.25) is 0 Å². The fourth-order valence-corrected chi connectivity index (χ4v) is 1.70. The topological polar surface area (TPSA) is 29.1 Å². The van der Waals surface area contributed by atoms with Crippen LogP contribution in [0.15, 0.2) is 18.2 Å². The molecular weight excluding hydrogens is 210 g/mol. The number of hydrogen-bond donors (Lipinski definition) is 1. The lowest BCUT2D eigenvalue weighted by atomic mass is 9.86. The fourth-order valence-electron chi connectivity index (χ4n) is 1.70. The largest absolute Gasteiger partial charge is 0.384 e. The summed E-state index contributed by atoms with van der Waals surface area (Å²) in [4.78, 5) is 10.9. The van der Waals surface area contributed by atoms with E-state index in [1.54, 1.807) is 6.92 Å². The highest BCUT2D eigenvalue weighted by molar-refractivity contribution is 5.76. The van der Waals surface area contributed by atoms with Crippen LogP contribution in [0.2, 0.25) is 0 Å². The van der Waals surface area contributed by atoms with Crippen molar-refractivity contribution in [3.8, 4) is 0 Å². The summed E-state index contributed by atoms with van der Waals surface area (Å²) < 4.78 is 0. The average Bonchev–Trinajstić information content (AvgIpc) is 2.18. The number of ketones is 1.